The van der Waals surface area contributed by atoms with E-state index < -0.39 is 8.07 Å². The van der Waals surface area contributed by atoms with Crippen LogP contribution in [0.15, 0.2) is 37.0 Å². The summed E-state index contributed by atoms with van der Waals surface area (Å²) >= 11 is 0. The van der Waals surface area contributed by atoms with Crippen molar-refractivity contribution < 1.29 is 0 Å². The van der Waals surface area contributed by atoms with Gasteiger partial charge in [-0.05, 0) is 25.3 Å². The van der Waals surface area contributed by atoms with Crippen LogP contribution < -0.4 is 0 Å². The van der Waals surface area contributed by atoms with E-state index in [1.807, 2.05) is 6.08 Å². The van der Waals surface area contributed by atoms with Gasteiger partial charge in [0.1, 0.15) is 0 Å². The second kappa shape index (κ2) is 7.81. The van der Waals surface area contributed by atoms with E-state index in [1.54, 1.807) is 0 Å². The fraction of sp³-hybridized carbons (Fsp3) is 0.538. The summed E-state index contributed by atoms with van der Waals surface area (Å²) in [5, 5.41) is 0. The Labute approximate surface area is 90.4 Å². The monoisotopic (exact) mass is 208 g/mol. The first-order chi connectivity index (χ1) is 6.56. The molecule has 0 aliphatic carbocycles. The lowest BCUT2D eigenvalue weighted by molar-refractivity contribution is 1.05. The van der Waals surface area contributed by atoms with Crippen LogP contribution in [0.5, 0.6) is 0 Å². The summed E-state index contributed by atoms with van der Waals surface area (Å²) in [6, 6.07) is 1.30. The first kappa shape index (κ1) is 13.4. The van der Waals surface area contributed by atoms with Crippen molar-refractivity contribution in [1.82, 2.24) is 0 Å². The van der Waals surface area contributed by atoms with Crippen LogP contribution >= 0.6 is 0 Å². The molecule has 0 fully saturated rings. The molecule has 0 rings (SSSR count). The molecule has 0 bridgehead atoms. The molecular weight excluding hydrogens is 184 g/mol. The van der Waals surface area contributed by atoms with Crippen molar-refractivity contribution in [2.24, 2.45) is 0 Å². The Kier molecular flexibility index (Phi) is 7.49. The number of allylic oxidation sites excluding steroid dienone is 5. The standard InChI is InChI=1S/C13H24Si/c1-5-6-7-8-9-10-11-12-13-14(2,3)4/h5,8-9,11-12H,1,6-7,10,13H2,2-4H3/b9-8+,12-11+. The van der Waals surface area contributed by atoms with Crippen molar-refractivity contribution in [3.8, 4) is 0 Å². The van der Waals surface area contributed by atoms with Crippen LogP contribution in [0.3, 0.4) is 0 Å². The van der Waals surface area contributed by atoms with Crippen molar-refractivity contribution in [2.45, 2.75) is 44.9 Å². The average molecular weight is 208 g/mol. The van der Waals surface area contributed by atoms with Gasteiger partial charge in [0.05, 0.1) is 0 Å². The highest BCUT2D eigenvalue weighted by Crippen LogP contribution is 2.08. The van der Waals surface area contributed by atoms with Crippen molar-refractivity contribution in [3.63, 3.8) is 0 Å². The third-order valence-corrected chi connectivity index (χ3v) is 3.33. The first-order valence-electron chi connectivity index (χ1n) is 5.47. The maximum atomic E-state index is 3.69. The average Bonchev–Trinajstić information content (AvgIpc) is 2.08. The number of hydrogen-bond donors (Lipinski definition) is 0. The Balaban J connectivity index is 3.44. The Bertz CT molecular complexity index is 194. The molecule has 0 aliphatic rings. The van der Waals surface area contributed by atoms with Gasteiger partial charge < -0.3 is 0 Å². The van der Waals surface area contributed by atoms with Gasteiger partial charge in [0.2, 0.25) is 0 Å². The summed E-state index contributed by atoms with van der Waals surface area (Å²) in [7, 11) is -0.863. The molecule has 1 heteroatoms. The van der Waals surface area contributed by atoms with E-state index in [0.717, 1.165) is 19.3 Å². The second-order valence-corrected chi connectivity index (χ2v) is 10.3. The zero-order valence-electron chi connectivity index (χ0n) is 9.92. The molecule has 80 valence electrons. The lowest BCUT2D eigenvalue weighted by atomic mass is 10.2. The van der Waals surface area contributed by atoms with Gasteiger partial charge in [0.15, 0.2) is 0 Å². The Morgan fingerprint density at radius 1 is 0.929 bits per heavy atom. The normalized spacial score (nSPS) is 12.8. The molecule has 0 aliphatic heterocycles. The van der Waals surface area contributed by atoms with Crippen LogP contribution in [0.25, 0.3) is 0 Å². The van der Waals surface area contributed by atoms with Gasteiger partial charge in [0.25, 0.3) is 0 Å². The smallest absolute Gasteiger partial charge is 0.0480 e. The fourth-order valence-electron chi connectivity index (χ4n) is 1.04. The summed E-state index contributed by atoms with van der Waals surface area (Å²) in [5.41, 5.74) is 0. The SMILES string of the molecule is C=CCC/C=C/C/C=C/C[Si](C)(C)C. The van der Waals surface area contributed by atoms with Crippen LogP contribution in [0, 0.1) is 0 Å². The molecule has 0 aromatic rings. The van der Waals surface area contributed by atoms with Crippen molar-refractivity contribution in [1.29, 1.82) is 0 Å². The minimum atomic E-state index is -0.863. The van der Waals surface area contributed by atoms with Crippen LogP contribution in [0.4, 0.5) is 0 Å². The molecule has 0 spiro atoms. The third-order valence-electron chi connectivity index (χ3n) is 1.87. The van der Waals surface area contributed by atoms with Crippen molar-refractivity contribution in [2.75, 3.05) is 0 Å². The van der Waals surface area contributed by atoms with E-state index in [9.17, 15) is 0 Å². The number of hydrogen-bond acceptors (Lipinski definition) is 0. The van der Waals surface area contributed by atoms with E-state index in [2.05, 4.69) is 50.5 Å². The molecule has 0 aromatic heterocycles. The van der Waals surface area contributed by atoms with Crippen LogP contribution in [0.1, 0.15) is 19.3 Å². The predicted octanol–water partition coefficient (Wildman–Crippen LogP) is 4.79. The summed E-state index contributed by atoms with van der Waals surface area (Å²) in [6.45, 7) is 10.9. The van der Waals surface area contributed by atoms with Crippen LogP contribution in [-0.2, 0) is 0 Å². The summed E-state index contributed by atoms with van der Waals surface area (Å²) in [5.74, 6) is 0. The van der Waals surface area contributed by atoms with Gasteiger partial charge in [-0.15, -0.1) is 6.58 Å². The van der Waals surface area contributed by atoms with E-state index in [4.69, 9.17) is 0 Å². The van der Waals surface area contributed by atoms with Gasteiger partial charge in [-0.3, -0.25) is 0 Å². The molecule has 0 saturated heterocycles. The molecule has 0 atom stereocenters. The zero-order chi connectivity index (χ0) is 10.9. The fourth-order valence-corrected chi connectivity index (χ4v) is 1.91. The van der Waals surface area contributed by atoms with E-state index in [1.165, 1.54) is 6.04 Å². The van der Waals surface area contributed by atoms with Gasteiger partial charge >= 0.3 is 0 Å². The van der Waals surface area contributed by atoms with E-state index in [-0.39, 0.29) is 0 Å². The molecule has 0 amide bonds. The maximum absolute atomic E-state index is 3.69. The topological polar surface area (TPSA) is 0 Å². The molecule has 0 N–H and O–H groups in total. The summed E-state index contributed by atoms with van der Waals surface area (Å²) in [6.07, 6.45) is 14.4. The first-order valence-corrected chi connectivity index (χ1v) is 9.18. The highest BCUT2D eigenvalue weighted by molar-refractivity contribution is 6.76. The van der Waals surface area contributed by atoms with E-state index >= 15 is 0 Å². The Morgan fingerprint density at radius 2 is 1.57 bits per heavy atom. The minimum absolute atomic E-state index is 0.863. The lowest BCUT2D eigenvalue weighted by Crippen LogP contribution is -2.17. The van der Waals surface area contributed by atoms with Gasteiger partial charge in [-0.2, -0.15) is 0 Å². The Hall–Kier alpha value is -0.563. The van der Waals surface area contributed by atoms with Gasteiger partial charge in [-0.25, -0.2) is 0 Å². The highest BCUT2D eigenvalue weighted by atomic mass is 28.3. The molecule has 0 saturated carbocycles. The quantitative estimate of drug-likeness (QED) is 0.320. The Morgan fingerprint density at radius 3 is 2.14 bits per heavy atom. The van der Waals surface area contributed by atoms with E-state index in [0.29, 0.717) is 0 Å². The second-order valence-electron chi connectivity index (χ2n) is 4.81. The highest BCUT2D eigenvalue weighted by Gasteiger charge is 2.08. The zero-order valence-corrected chi connectivity index (χ0v) is 10.9. The van der Waals surface area contributed by atoms with Gasteiger partial charge in [0, 0.05) is 8.07 Å². The molecule has 0 aromatic carbocycles. The minimum Gasteiger partial charge on any atom is -0.103 e. The molecule has 0 radical (unpaired) electrons. The van der Waals surface area contributed by atoms with Crippen LogP contribution in [0.2, 0.25) is 25.7 Å². The summed E-state index contributed by atoms with van der Waals surface area (Å²) < 4.78 is 0. The largest absolute Gasteiger partial charge is 0.103 e. The lowest BCUT2D eigenvalue weighted by Gasteiger charge is -2.11. The van der Waals surface area contributed by atoms with Gasteiger partial charge in [-0.1, -0.05) is 50.0 Å². The van der Waals surface area contributed by atoms with Crippen molar-refractivity contribution in [3.05, 3.63) is 37.0 Å². The molecule has 0 unspecified atom stereocenters. The summed E-state index contributed by atoms with van der Waals surface area (Å²) in [4.78, 5) is 0. The molecule has 14 heavy (non-hydrogen) atoms. The molecular formula is C13H24Si. The predicted molar refractivity (Wildman–Crippen MR) is 70.5 cm³/mol. The third kappa shape index (κ3) is 11.4. The van der Waals surface area contributed by atoms with Crippen molar-refractivity contribution >= 4 is 8.07 Å². The number of unbranched alkanes of at least 4 members (excludes halogenated alkanes) is 1. The van der Waals surface area contributed by atoms with Crippen LogP contribution in [-0.4, -0.2) is 8.07 Å². The maximum Gasteiger partial charge on any atom is 0.0480 e. The number of rotatable bonds is 7. The molecule has 0 heterocycles. The molecule has 0 nitrogen and oxygen atoms in total.